The molecule has 0 atom stereocenters. The minimum Gasteiger partial charge on any atom is -0.508 e. The maximum atomic E-state index is 8.63. The Morgan fingerprint density at radius 3 is 1.53 bits per heavy atom. The van der Waals surface area contributed by atoms with Crippen LogP contribution in [-0.4, -0.2) is 14.2 Å². The Bertz CT molecular complexity index is 1110. The van der Waals surface area contributed by atoms with Crippen LogP contribution in [0.3, 0.4) is 0 Å². The number of nitrogens with zero attached hydrogens (tertiary/aromatic N) is 4. The molecule has 0 spiro atoms. The Balaban J connectivity index is 0.000000439. The van der Waals surface area contributed by atoms with E-state index in [4.69, 9.17) is 5.11 Å². The molecule has 0 aliphatic carbocycles. The van der Waals surface area contributed by atoms with Crippen molar-refractivity contribution in [3.8, 4) is 17.1 Å². The van der Waals surface area contributed by atoms with Gasteiger partial charge in [-0.3, -0.25) is 0 Å². The van der Waals surface area contributed by atoms with Crippen molar-refractivity contribution in [1.82, 2.24) is 9.13 Å². The van der Waals surface area contributed by atoms with Gasteiger partial charge < -0.3 is 23.4 Å². The Morgan fingerprint density at radius 1 is 0.794 bits per heavy atom. The number of rotatable bonds is 4. The summed E-state index contributed by atoms with van der Waals surface area (Å²) in [4.78, 5) is 0. The molecule has 2 heterocycles. The first-order valence-electron chi connectivity index (χ1n) is 11.4. The molecule has 0 radical (unpaired) electrons. The Morgan fingerprint density at radius 2 is 1.24 bits per heavy atom. The number of imidazole rings is 2. The number of phenolic OH excluding ortho intramolecular Hbond substituents is 1. The molecule has 6 heteroatoms. The summed E-state index contributed by atoms with van der Waals surface area (Å²) in [6.07, 6.45) is 15.0. The predicted octanol–water partition coefficient (Wildman–Crippen LogP) is 5.09. The fraction of sp³-hybridized carbons (Fsp3) is 0.357. The molecule has 2 aromatic heterocycles. The van der Waals surface area contributed by atoms with Gasteiger partial charge in [0.05, 0.1) is 12.1 Å². The number of hydrogen-bond donors (Lipinski definition) is 1. The predicted molar refractivity (Wildman–Crippen MR) is 130 cm³/mol. The molecule has 0 aliphatic heterocycles. The van der Waals surface area contributed by atoms with Gasteiger partial charge in [-0.1, -0.05) is 50.3 Å². The maximum Gasteiger partial charge on any atom is 0.241 e. The summed E-state index contributed by atoms with van der Waals surface area (Å²) in [6.45, 7) is 15.3. The molecule has 0 fully saturated rings. The summed E-state index contributed by atoms with van der Waals surface area (Å²) in [7, 11) is 0. The van der Waals surface area contributed by atoms with E-state index in [2.05, 4.69) is 101 Å². The van der Waals surface area contributed by atoms with Gasteiger partial charge in [0.15, 0.2) is 0 Å². The van der Waals surface area contributed by atoms with E-state index in [1.54, 1.807) is 24.3 Å². The molecule has 5 nitrogen and oxygen atoms in total. The van der Waals surface area contributed by atoms with E-state index in [-0.39, 0.29) is 26.5 Å². The SMILES string of the molecule is CC(C)[n+]1[c-]n(-c2[c-]c(-n3[c-][n+](C(C)C)cc3)cc(C(C)(C)C)c2)cc1.Oc1ccccc1.[Pt]. The largest absolute Gasteiger partial charge is 0.508 e. The van der Waals surface area contributed by atoms with Crippen molar-refractivity contribution in [3.05, 3.63) is 91.5 Å². The summed E-state index contributed by atoms with van der Waals surface area (Å²) < 4.78 is 8.18. The molecule has 0 amide bonds. The summed E-state index contributed by atoms with van der Waals surface area (Å²) >= 11 is 0. The third-order valence-electron chi connectivity index (χ3n) is 5.29. The second-order valence-corrected chi connectivity index (χ2v) is 9.76. The molecule has 0 unspecified atom stereocenters. The van der Waals surface area contributed by atoms with E-state index in [1.807, 2.05) is 27.6 Å². The van der Waals surface area contributed by atoms with Crippen LogP contribution in [0.2, 0.25) is 0 Å². The molecule has 4 rings (SSSR count). The molecule has 0 saturated heterocycles. The third kappa shape index (κ3) is 7.17. The molecule has 0 bridgehead atoms. The molecular weight excluding hydrogens is 603 g/mol. The summed E-state index contributed by atoms with van der Waals surface area (Å²) in [5.74, 6) is 0.322. The van der Waals surface area contributed by atoms with Gasteiger partial charge in [0, 0.05) is 45.9 Å². The number of aromatic hydroxyl groups is 1. The Kier molecular flexibility index (Phi) is 9.46. The van der Waals surface area contributed by atoms with Crippen LogP contribution in [-0.2, 0) is 26.5 Å². The first-order chi connectivity index (χ1) is 15.5. The zero-order valence-corrected chi connectivity index (χ0v) is 23.3. The van der Waals surface area contributed by atoms with Gasteiger partial charge in [-0.05, 0) is 45.2 Å². The van der Waals surface area contributed by atoms with Crippen LogP contribution in [0.5, 0.6) is 5.75 Å². The van der Waals surface area contributed by atoms with Gasteiger partial charge in [-0.25, -0.2) is 0 Å². The van der Waals surface area contributed by atoms with Gasteiger partial charge >= 0.3 is 0 Å². The van der Waals surface area contributed by atoms with Crippen LogP contribution in [0.1, 0.15) is 66.1 Å². The quantitative estimate of drug-likeness (QED) is 0.246. The van der Waals surface area contributed by atoms with E-state index in [0.29, 0.717) is 17.8 Å². The molecule has 2 aromatic carbocycles. The van der Waals surface area contributed by atoms with Crippen molar-refractivity contribution in [3.63, 3.8) is 0 Å². The molecule has 184 valence electrons. The number of phenols is 1. The van der Waals surface area contributed by atoms with E-state index in [9.17, 15) is 0 Å². The van der Waals surface area contributed by atoms with Crippen LogP contribution in [0.4, 0.5) is 0 Å². The standard InChI is InChI=1S/C22H29N4.C6H6O.Pt/c1-17(2)23-8-10-25(15-23)20-12-19(22(5,6)7)13-21(14-20)26-11-9-24(16-26)18(3)4;7-6-4-2-1-3-5-6;/h8-13,17-18H,1-7H3;1-5,7H;/q-1;;. The summed E-state index contributed by atoms with van der Waals surface area (Å²) in [5.41, 5.74) is 3.29. The number of benzene rings is 2. The fourth-order valence-corrected chi connectivity index (χ4v) is 3.16. The average molecular weight is 639 g/mol. The van der Waals surface area contributed by atoms with E-state index < -0.39 is 0 Å². The van der Waals surface area contributed by atoms with Crippen LogP contribution >= 0.6 is 0 Å². The van der Waals surface area contributed by atoms with Crippen molar-refractivity contribution >= 4 is 0 Å². The Hall–Kier alpha value is -2.65. The minimum atomic E-state index is 0. The van der Waals surface area contributed by atoms with Crippen molar-refractivity contribution < 1.29 is 35.3 Å². The van der Waals surface area contributed by atoms with Crippen LogP contribution in [0, 0.1) is 18.7 Å². The molecule has 1 N–H and O–H groups in total. The van der Waals surface area contributed by atoms with E-state index >= 15 is 0 Å². The monoisotopic (exact) mass is 638 g/mol. The van der Waals surface area contributed by atoms with Crippen LogP contribution in [0.25, 0.3) is 11.4 Å². The second-order valence-electron chi connectivity index (χ2n) is 9.76. The van der Waals surface area contributed by atoms with Gasteiger partial charge in [-0.15, -0.1) is 0 Å². The normalized spacial score (nSPS) is 11.2. The molecule has 0 saturated carbocycles. The van der Waals surface area contributed by atoms with Gasteiger partial charge in [0.1, 0.15) is 5.75 Å². The second kappa shape index (κ2) is 11.7. The van der Waals surface area contributed by atoms with E-state index in [1.165, 1.54) is 5.56 Å². The maximum absolute atomic E-state index is 8.63. The molecule has 4 aromatic rings. The van der Waals surface area contributed by atoms with Gasteiger partial charge in [0.2, 0.25) is 12.7 Å². The minimum absolute atomic E-state index is 0. The third-order valence-corrected chi connectivity index (χ3v) is 5.29. The van der Waals surface area contributed by atoms with Crippen molar-refractivity contribution in [2.75, 3.05) is 0 Å². The zero-order chi connectivity index (χ0) is 24.2. The Labute approximate surface area is 218 Å². The van der Waals surface area contributed by atoms with E-state index in [0.717, 1.165) is 11.4 Å². The van der Waals surface area contributed by atoms with Crippen molar-refractivity contribution in [1.29, 1.82) is 0 Å². The van der Waals surface area contributed by atoms with Crippen LogP contribution < -0.4 is 9.13 Å². The summed E-state index contributed by atoms with van der Waals surface area (Å²) in [5, 5.41) is 8.63. The number of aromatic nitrogens is 4. The average Bonchev–Trinajstić information content (AvgIpc) is 3.44. The molecular formula is C28H35N4OPt-. The van der Waals surface area contributed by atoms with Crippen molar-refractivity contribution in [2.45, 2.75) is 66.0 Å². The number of para-hydroxylation sites is 1. The van der Waals surface area contributed by atoms with Gasteiger partial charge in [-0.2, -0.15) is 23.8 Å². The first kappa shape index (κ1) is 27.6. The topological polar surface area (TPSA) is 37.8 Å². The fourth-order valence-electron chi connectivity index (χ4n) is 3.16. The van der Waals surface area contributed by atoms with Gasteiger partial charge in [0.25, 0.3) is 0 Å². The first-order valence-corrected chi connectivity index (χ1v) is 11.4. The summed E-state index contributed by atoms with van der Waals surface area (Å²) in [6, 6.07) is 17.4. The smallest absolute Gasteiger partial charge is 0.241 e. The molecule has 0 aliphatic rings. The number of hydrogen-bond acceptors (Lipinski definition) is 1. The van der Waals surface area contributed by atoms with Crippen LogP contribution in [0.15, 0.2) is 67.3 Å². The molecule has 34 heavy (non-hydrogen) atoms. The van der Waals surface area contributed by atoms with Crippen molar-refractivity contribution in [2.24, 2.45) is 0 Å². The zero-order valence-electron chi connectivity index (χ0n) is 21.1.